The molecule has 9 heteroatoms. The molecule has 4 aromatic carbocycles. The van der Waals surface area contributed by atoms with E-state index in [1.807, 2.05) is 102 Å². The minimum Gasteiger partial charge on any atom is -0.491 e. The molecular formula is C42H42O8S. The largest absolute Gasteiger partial charge is 0.491 e. The molecule has 0 fully saturated rings. The van der Waals surface area contributed by atoms with Crippen LogP contribution in [0.15, 0.2) is 124 Å². The van der Waals surface area contributed by atoms with Crippen molar-refractivity contribution in [1.29, 1.82) is 0 Å². The summed E-state index contributed by atoms with van der Waals surface area (Å²) in [4.78, 5) is 12.8. The first-order valence-corrected chi connectivity index (χ1v) is 18.2. The second kappa shape index (κ2) is 17.9. The summed E-state index contributed by atoms with van der Waals surface area (Å²) < 4.78 is 30.2. The number of unbranched alkanes of at least 4 members (excludes halogenated alkanes) is 1. The third-order valence-electron chi connectivity index (χ3n) is 8.64. The number of aliphatic hydroxyl groups is 2. The fourth-order valence-corrected chi connectivity index (χ4v) is 6.37. The van der Waals surface area contributed by atoms with Crippen molar-refractivity contribution < 1.29 is 33.6 Å². The number of aliphatic hydroxyl groups excluding tert-OH is 2. The number of ether oxygens (including phenoxy) is 4. The SMILES string of the molecule is C=CSCCCCC(CO)COC(COc1ccc2c(c1)OC(O)C(c1ccccc1)=C2)COc1ccc2cc(-c3ccccc3)c(=O)oc2c1. The van der Waals surface area contributed by atoms with Gasteiger partial charge in [-0.15, -0.1) is 11.8 Å². The molecule has 1 aliphatic heterocycles. The van der Waals surface area contributed by atoms with E-state index in [1.165, 1.54) is 0 Å². The first-order chi connectivity index (χ1) is 25.0. The average Bonchev–Trinajstić information content (AvgIpc) is 3.16. The summed E-state index contributed by atoms with van der Waals surface area (Å²) in [5, 5.41) is 23.4. The molecule has 0 saturated heterocycles. The smallest absolute Gasteiger partial charge is 0.344 e. The first-order valence-electron chi connectivity index (χ1n) is 17.1. The van der Waals surface area contributed by atoms with Crippen molar-refractivity contribution in [3.05, 3.63) is 137 Å². The van der Waals surface area contributed by atoms with Gasteiger partial charge in [-0.1, -0.05) is 73.7 Å². The normalized spacial score (nSPS) is 14.9. The molecule has 0 amide bonds. The van der Waals surface area contributed by atoms with E-state index in [2.05, 4.69) is 6.58 Å². The van der Waals surface area contributed by atoms with E-state index in [0.717, 1.165) is 47.1 Å². The van der Waals surface area contributed by atoms with Gasteiger partial charge in [-0.25, -0.2) is 4.79 Å². The molecule has 0 aliphatic carbocycles. The Morgan fingerprint density at radius 2 is 1.55 bits per heavy atom. The Morgan fingerprint density at radius 1 is 0.843 bits per heavy atom. The average molecular weight is 707 g/mol. The molecule has 0 spiro atoms. The highest BCUT2D eigenvalue weighted by Gasteiger charge is 2.23. The summed E-state index contributed by atoms with van der Waals surface area (Å²) >= 11 is 1.69. The second-order valence-corrected chi connectivity index (χ2v) is 13.4. The van der Waals surface area contributed by atoms with Crippen LogP contribution in [0.2, 0.25) is 0 Å². The zero-order valence-corrected chi connectivity index (χ0v) is 29.1. The van der Waals surface area contributed by atoms with Crippen molar-refractivity contribution in [1.82, 2.24) is 0 Å². The quantitative estimate of drug-likeness (QED) is 0.0689. The van der Waals surface area contributed by atoms with E-state index in [-0.39, 0.29) is 25.7 Å². The summed E-state index contributed by atoms with van der Waals surface area (Å²) in [5.41, 5.74) is 3.69. The zero-order chi connectivity index (χ0) is 35.4. The van der Waals surface area contributed by atoms with Gasteiger partial charge in [-0.2, -0.15) is 0 Å². The van der Waals surface area contributed by atoms with Crippen molar-refractivity contribution in [3.63, 3.8) is 0 Å². The number of hydrogen-bond acceptors (Lipinski definition) is 9. The van der Waals surface area contributed by atoms with Gasteiger partial charge in [0, 0.05) is 41.2 Å². The van der Waals surface area contributed by atoms with Crippen molar-refractivity contribution in [2.45, 2.75) is 31.7 Å². The highest BCUT2D eigenvalue weighted by Crippen LogP contribution is 2.36. The summed E-state index contributed by atoms with van der Waals surface area (Å²) in [6, 6.07) is 31.8. The molecule has 0 saturated carbocycles. The van der Waals surface area contributed by atoms with Crippen LogP contribution in [0.3, 0.4) is 0 Å². The molecule has 1 aliphatic rings. The van der Waals surface area contributed by atoms with Crippen LogP contribution >= 0.6 is 11.8 Å². The minimum absolute atomic E-state index is 0.0146. The maximum absolute atomic E-state index is 12.8. The standard InChI is InChI=1S/C42H42O8S/c1-2-51-20-10-9-11-29(25-43)26-46-36(27-47-34-18-16-32-21-37(30-12-5-3-6-13-30)41(44)49-39(32)23-34)28-48-35-19-17-33-22-38(31-14-7-4-8-15-31)42(45)50-40(33)24-35/h2-8,12-19,21-24,29,36,41,43-44H,1,9-11,20,25-28H2. The van der Waals surface area contributed by atoms with Crippen molar-refractivity contribution in [3.8, 4) is 28.4 Å². The Balaban J connectivity index is 1.13. The van der Waals surface area contributed by atoms with Crippen LogP contribution in [0, 0.1) is 5.92 Å². The topological polar surface area (TPSA) is 108 Å². The zero-order valence-electron chi connectivity index (χ0n) is 28.3. The number of hydrogen-bond donors (Lipinski definition) is 2. The molecule has 0 radical (unpaired) electrons. The Hall–Kier alpha value is -4.80. The number of fused-ring (bicyclic) bond motifs is 2. The third-order valence-corrected chi connectivity index (χ3v) is 9.40. The molecule has 1 aromatic heterocycles. The number of rotatable bonds is 18. The van der Waals surface area contributed by atoms with Crippen LogP contribution < -0.4 is 19.8 Å². The molecule has 2 heterocycles. The molecule has 6 rings (SSSR count). The lowest BCUT2D eigenvalue weighted by Gasteiger charge is -2.25. The van der Waals surface area contributed by atoms with E-state index in [9.17, 15) is 15.0 Å². The van der Waals surface area contributed by atoms with Gasteiger partial charge in [0.15, 0.2) is 0 Å². The first kappa shape index (κ1) is 36.0. The van der Waals surface area contributed by atoms with Gasteiger partial charge < -0.3 is 33.6 Å². The summed E-state index contributed by atoms with van der Waals surface area (Å²) in [7, 11) is 0. The molecule has 51 heavy (non-hydrogen) atoms. The highest BCUT2D eigenvalue weighted by molar-refractivity contribution is 8.02. The van der Waals surface area contributed by atoms with Crippen LogP contribution in [-0.2, 0) is 4.74 Å². The fraction of sp³-hybridized carbons (Fsp3) is 0.262. The van der Waals surface area contributed by atoms with E-state index >= 15 is 0 Å². The lowest BCUT2D eigenvalue weighted by molar-refractivity contribution is -0.0313. The minimum atomic E-state index is -1.11. The van der Waals surface area contributed by atoms with Gasteiger partial charge in [0.25, 0.3) is 0 Å². The highest BCUT2D eigenvalue weighted by atomic mass is 32.2. The maximum Gasteiger partial charge on any atom is 0.344 e. The molecule has 264 valence electrons. The van der Waals surface area contributed by atoms with Gasteiger partial charge in [-0.05, 0) is 71.5 Å². The lowest BCUT2D eigenvalue weighted by Crippen LogP contribution is -2.31. The molecular weight excluding hydrogens is 665 g/mol. The summed E-state index contributed by atoms with van der Waals surface area (Å²) in [6.07, 6.45) is 3.16. The van der Waals surface area contributed by atoms with Crippen molar-refractivity contribution in [2.24, 2.45) is 5.92 Å². The number of thioether (sulfide) groups is 1. The van der Waals surface area contributed by atoms with Crippen LogP contribution in [0.1, 0.15) is 30.4 Å². The van der Waals surface area contributed by atoms with Gasteiger partial charge in [0.2, 0.25) is 6.29 Å². The molecule has 0 bridgehead atoms. The third kappa shape index (κ3) is 9.71. The van der Waals surface area contributed by atoms with Crippen molar-refractivity contribution in [2.75, 3.05) is 32.2 Å². The van der Waals surface area contributed by atoms with Crippen LogP contribution in [0.4, 0.5) is 0 Å². The van der Waals surface area contributed by atoms with Crippen LogP contribution in [0.25, 0.3) is 33.7 Å². The summed E-state index contributed by atoms with van der Waals surface area (Å²) in [5.74, 6) is 2.54. The second-order valence-electron chi connectivity index (χ2n) is 12.3. The molecule has 3 unspecified atom stereocenters. The molecule has 8 nitrogen and oxygen atoms in total. The van der Waals surface area contributed by atoms with Crippen molar-refractivity contribution >= 4 is 34.4 Å². The Labute approximate surface area is 302 Å². The van der Waals surface area contributed by atoms with E-state index in [1.54, 1.807) is 23.9 Å². The van der Waals surface area contributed by atoms with Gasteiger partial charge in [-0.3, -0.25) is 0 Å². The lowest BCUT2D eigenvalue weighted by atomic mass is 9.99. The van der Waals surface area contributed by atoms with Gasteiger partial charge in [0.1, 0.15) is 42.1 Å². The summed E-state index contributed by atoms with van der Waals surface area (Å²) in [6.45, 7) is 4.41. The Kier molecular flexibility index (Phi) is 12.7. The van der Waals surface area contributed by atoms with Crippen LogP contribution in [0.5, 0.6) is 17.2 Å². The molecule has 2 N–H and O–H groups in total. The number of benzene rings is 4. The van der Waals surface area contributed by atoms with E-state index in [4.69, 9.17) is 23.4 Å². The van der Waals surface area contributed by atoms with E-state index in [0.29, 0.717) is 40.6 Å². The molecule has 3 atom stereocenters. The Bertz CT molecular complexity index is 1970. The predicted octanol–water partition coefficient (Wildman–Crippen LogP) is 8.21. The fourth-order valence-electron chi connectivity index (χ4n) is 5.83. The Morgan fingerprint density at radius 3 is 2.27 bits per heavy atom. The maximum atomic E-state index is 12.8. The van der Waals surface area contributed by atoms with E-state index < -0.39 is 18.0 Å². The van der Waals surface area contributed by atoms with Gasteiger partial charge in [0.05, 0.1) is 12.2 Å². The monoisotopic (exact) mass is 706 g/mol. The van der Waals surface area contributed by atoms with Gasteiger partial charge >= 0.3 is 5.63 Å². The predicted molar refractivity (Wildman–Crippen MR) is 203 cm³/mol. The molecule has 5 aromatic rings. The van der Waals surface area contributed by atoms with Crippen LogP contribution in [-0.4, -0.2) is 54.8 Å².